The third kappa shape index (κ3) is 2.58. The minimum Gasteiger partial charge on any atom is -0.261 e. The maximum Gasteiger partial charge on any atom is 0.265 e. The van der Waals surface area contributed by atoms with Crippen molar-refractivity contribution >= 4 is 39.2 Å². The average Bonchev–Trinajstić information content (AvgIpc) is 2.67. The van der Waals surface area contributed by atoms with E-state index in [4.69, 9.17) is 23.2 Å². The minimum absolute atomic E-state index is 0.0427. The number of anilines is 1. The van der Waals surface area contributed by atoms with Gasteiger partial charge in [-0.1, -0.05) is 29.3 Å². The molecule has 0 bridgehead atoms. The fourth-order valence-electron chi connectivity index (χ4n) is 1.26. The average molecular weight is 307 g/mol. The van der Waals surface area contributed by atoms with E-state index < -0.39 is 10.0 Å². The highest BCUT2D eigenvalue weighted by Gasteiger charge is 2.21. The topological polar surface area (TPSA) is 87.7 Å². The Balaban J connectivity index is 2.40. The number of aromatic nitrogens is 3. The normalized spacial score (nSPS) is 11.5. The van der Waals surface area contributed by atoms with Gasteiger partial charge in [0.25, 0.3) is 16.0 Å². The van der Waals surface area contributed by atoms with Gasteiger partial charge < -0.3 is 0 Å². The molecule has 0 saturated heterocycles. The van der Waals surface area contributed by atoms with E-state index in [1.807, 2.05) is 0 Å². The van der Waals surface area contributed by atoms with Crippen molar-refractivity contribution in [2.45, 2.75) is 11.8 Å². The summed E-state index contributed by atoms with van der Waals surface area (Å²) in [4.78, 5) is 3.71. The highest BCUT2D eigenvalue weighted by molar-refractivity contribution is 7.92. The molecule has 2 N–H and O–H groups in total. The number of nitrogens with one attached hydrogen (secondary N) is 2. The van der Waals surface area contributed by atoms with Crippen LogP contribution in [0.4, 0.5) is 5.95 Å². The van der Waals surface area contributed by atoms with E-state index in [0.717, 1.165) is 0 Å². The molecule has 2 aromatic rings. The van der Waals surface area contributed by atoms with Gasteiger partial charge in [-0.05, 0) is 19.1 Å². The van der Waals surface area contributed by atoms with Crippen LogP contribution in [0.5, 0.6) is 0 Å². The molecule has 0 aliphatic rings. The van der Waals surface area contributed by atoms with Gasteiger partial charge >= 0.3 is 0 Å². The monoisotopic (exact) mass is 306 g/mol. The van der Waals surface area contributed by atoms with E-state index in [2.05, 4.69) is 19.9 Å². The summed E-state index contributed by atoms with van der Waals surface area (Å²) in [5.41, 5.74) is 0. The summed E-state index contributed by atoms with van der Waals surface area (Å²) in [7, 11) is -3.86. The van der Waals surface area contributed by atoms with E-state index >= 15 is 0 Å². The Bertz CT molecular complexity index is 684. The molecule has 96 valence electrons. The first kappa shape index (κ1) is 13.1. The van der Waals surface area contributed by atoms with Crippen LogP contribution in [-0.2, 0) is 10.0 Å². The van der Waals surface area contributed by atoms with Gasteiger partial charge in [0.15, 0.2) is 0 Å². The van der Waals surface area contributed by atoms with Crippen LogP contribution in [0.3, 0.4) is 0 Å². The number of nitrogens with zero attached hydrogens (tertiary/aromatic N) is 2. The van der Waals surface area contributed by atoms with Crippen LogP contribution in [0.1, 0.15) is 5.82 Å². The van der Waals surface area contributed by atoms with Crippen molar-refractivity contribution in [2.24, 2.45) is 0 Å². The second-order valence-corrected chi connectivity index (χ2v) is 5.84. The number of hydrogen-bond acceptors (Lipinski definition) is 4. The van der Waals surface area contributed by atoms with Crippen molar-refractivity contribution in [1.29, 1.82) is 0 Å². The van der Waals surface area contributed by atoms with Crippen LogP contribution in [0.25, 0.3) is 0 Å². The third-order valence-electron chi connectivity index (χ3n) is 2.03. The standard InChI is InChI=1S/C9H8Cl2N4O2S/c1-5-12-9(14-13-5)15-18(16,17)7-4-2-3-6(10)8(7)11/h2-4H,1H3,(H2,12,13,14,15). The summed E-state index contributed by atoms with van der Waals surface area (Å²) in [6.45, 7) is 1.65. The molecule has 6 nitrogen and oxygen atoms in total. The molecule has 0 radical (unpaired) electrons. The van der Waals surface area contributed by atoms with Crippen LogP contribution in [0, 0.1) is 6.92 Å². The molecule has 0 fully saturated rings. The zero-order chi connectivity index (χ0) is 13.3. The van der Waals surface area contributed by atoms with Gasteiger partial charge in [0.05, 0.1) is 10.0 Å². The lowest BCUT2D eigenvalue weighted by atomic mass is 10.4. The van der Waals surface area contributed by atoms with Crippen molar-refractivity contribution in [3.63, 3.8) is 0 Å². The zero-order valence-electron chi connectivity index (χ0n) is 9.11. The molecule has 0 aliphatic heterocycles. The van der Waals surface area contributed by atoms with Crippen molar-refractivity contribution in [2.75, 3.05) is 4.72 Å². The quantitative estimate of drug-likeness (QED) is 0.910. The van der Waals surface area contributed by atoms with Crippen molar-refractivity contribution in [1.82, 2.24) is 15.2 Å². The maximum atomic E-state index is 12.0. The first-order valence-electron chi connectivity index (χ1n) is 4.76. The summed E-state index contributed by atoms with van der Waals surface area (Å²) >= 11 is 11.6. The fraction of sp³-hybridized carbons (Fsp3) is 0.111. The SMILES string of the molecule is Cc1nc(NS(=O)(=O)c2cccc(Cl)c2Cl)n[nH]1. The van der Waals surface area contributed by atoms with Gasteiger partial charge in [-0.25, -0.2) is 13.1 Å². The van der Waals surface area contributed by atoms with E-state index in [-0.39, 0.29) is 20.9 Å². The Morgan fingerprint density at radius 3 is 2.67 bits per heavy atom. The van der Waals surface area contributed by atoms with Crippen LogP contribution >= 0.6 is 23.2 Å². The lowest BCUT2D eigenvalue weighted by molar-refractivity contribution is 0.601. The fourth-order valence-corrected chi connectivity index (χ4v) is 2.96. The van der Waals surface area contributed by atoms with Gasteiger partial charge in [-0.2, -0.15) is 4.98 Å². The molecule has 1 aromatic heterocycles. The highest BCUT2D eigenvalue weighted by Crippen LogP contribution is 2.29. The lowest BCUT2D eigenvalue weighted by Crippen LogP contribution is -2.14. The minimum atomic E-state index is -3.86. The number of aromatic amines is 1. The van der Waals surface area contributed by atoms with E-state index in [0.29, 0.717) is 5.82 Å². The van der Waals surface area contributed by atoms with Crippen molar-refractivity contribution in [3.8, 4) is 0 Å². The lowest BCUT2D eigenvalue weighted by Gasteiger charge is -2.07. The second kappa shape index (κ2) is 4.75. The van der Waals surface area contributed by atoms with Gasteiger partial charge in [0, 0.05) is 0 Å². The first-order chi connectivity index (χ1) is 8.40. The summed E-state index contributed by atoms with van der Waals surface area (Å²) < 4.78 is 26.3. The molecule has 1 heterocycles. The van der Waals surface area contributed by atoms with Crippen LogP contribution in [-0.4, -0.2) is 23.6 Å². The van der Waals surface area contributed by atoms with Crippen molar-refractivity contribution < 1.29 is 8.42 Å². The molecule has 0 amide bonds. The number of hydrogen-bond donors (Lipinski definition) is 2. The van der Waals surface area contributed by atoms with E-state index in [1.54, 1.807) is 6.92 Å². The van der Waals surface area contributed by atoms with Crippen molar-refractivity contribution in [3.05, 3.63) is 34.1 Å². The number of benzene rings is 1. The van der Waals surface area contributed by atoms with Crippen LogP contribution < -0.4 is 4.72 Å². The molecule has 1 aromatic carbocycles. The molecule has 0 aliphatic carbocycles. The maximum absolute atomic E-state index is 12.0. The molecule has 0 saturated carbocycles. The Labute approximate surface area is 113 Å². The molecular formula is C9H8Cl2N4O2S. The molecule has 9 heteroatoms. The Morgan fingerprint density at radius 2 is 2.06 bits per heavy atom. The summed E-state index contributed by atoms with van der Waals surface area (Å²) in [5, 5.41) is 6.31. The third-order valence-corrected chi connectivity index (χ3v) is 4.33. The van der Waals surface area contributed by atoms with Gasteiger partial charge in [-0.3, -0.25) is 5.10 Å². The van der Waals surface area contributed by atoms with E-state index in [9.17, 15) is 8.42 Å². The molecule has 2 rings (SSSR count). The van der Waals surface area contributed by atoms with Gasteiger partial charge in [-0.15, -0.1) is 5.10 Å². The molecule has 0 atom stereocenters. The van der Waals surface area contributed by atoms with E-state index in [1.165, 1.54) is 18.2 Å². The van der Waals surface area contributed by atoms with Crippen LogP contribution in [0.2, 0.25) is 10.0 Å². The molecule has 0 spiro atoms. The number of H-pyrrole nitrogens is 1. The molecule has 18 heavy (non-hydrogen) atoms. The number of aryl methyl sites for hydroxylation is 1. The summed E-state index contributed by atoms with van der Waals surface area (Å²) in [6.07, 6.45) is 0. The smallest absolute Gasteiger partial charge is 0.261 e. The van der Waals surface area contributed by atoms with Gasteiger partial charge in [0.1, 0.15) is 10.7 Å². The highest BCUT2D eigenvalue weighted by atomic mass is 35.5. The first-order valence-corrected chi connectivity index (χ1v) is 7.00. The van der Waals surface area contributed by atoms with Crippen LogP contribution in [0.15, 0.2) is 23.1 Å². The number of rotatable bonds is 3. The van der Waals surface area contributed by atoms with Gasteiger partial charge in [0.2, 0.25) is 0 Å². The Morgan fingerprint density at radius 1 is 1.33 bits per heavy atom. The molecular weight excluding hydrogens is 299 g/mol. The summed E-state index contributed by atoms with van der Waals surface area (Å²) in [5.74, 6) is 0.438. The zero-order valence-corrected chi connectivity index (χ0v) is 11.4. The number of halogens is 2. The Kier molecular flexibility index (Phi) is 3.47. The summed E-state index contributed by atoms with van der Waals surface area (Å²) in [6, 6.07) is 4.34. The largest absolute Gasteiger partial charge is 0.265 e. The second-order valence-electron chi connectivity index (χ2n) is 3.40. The molecule has 0 unspecified atom stereocenters. The Hall–Kier alpha value is -1.31. The number of sulfonamides is 1. The predicted molar refractivity (Wildman–Crippen MR) is 68.4 cm³/mol. The predicted octanol–water partition coefficient (Wildman–Crippen LogP) is 2.22.